The average molecular weight is 256 g/mol. The smallest absolute Gasteiger partial charge is 0.102 e. The molecule has 0 bridgehead atoms. The third-order valence-corrected chi connectivity index (χ3v) is 6.36. The van der Waals surface area contributed by atoms with Gasteiger partial charge in [0.05, 0.1) is 0 Å². The monoisotopic (exact) mass is 256 g/mol. The van der Waals surface area contributed by atoms with Crippen LogP contribution in [0.25, 0.3) is 0 Å². The molecule has 0 saturated heterocycles. The van der Waals surface area contributed by atoms with E-state index in [0.717, 1.165) is 24.2 Å². The molecule has 4 aliphatic carbocycles. The molecule has 102 valence electrons. The first-order valence-electron chi connectivity index (χ1n) is 8.02. The van der Waals surface area contributed by atoms with Gasteiger partial charge in [0.25, 0.3) is 0 Å². The number of hydrogen-bond donors (Lipinski definition) is 1. The summed E-state index contributed by atoms with van der Waals surface area (Å²) in [4.78, 5) is 0. The van der Waals surface area contributed by atoms with Gasteiger partial charge in [0.1, 0.15) is 5.76 Å². The molecule has 2 saturated carbocycles. The Morgan fingerprint density at radius 1 is 1.16 bits per heavy atom. The van der Waals surface area contributed by atoms with E-state index in [1.807, 2.05) is 6.08 Å². The van der Waals surface area contributed by atoms with Crippen molar-refractivity contribution in [1.29, 1.82) is 0 Å². The van der Waals surface area contributed by atoms with Crippen LogP contribution in [0.3, 0.4) is 0 Å². The Labute approximate surface area is 116 Å². The third-order valence-electron chi connectivity index (χ3n) is 6.36. The summed E-state index contributed by atoms with van der Waals surface area (Å²) in [6, 6.07) is 0. The van der Waals surface area contributed by atoms with Crippen molar-refractivity contribution in [2.24, 2.45) is 23.2 Å². The van der Waals surface area contributed by atoms with Crippen molar-refractivity contribution in [2.75, 3.05) is 0 Å². The lowest BCUT2D eigenvalue weighted by Gasteiger charge is -2.48. The standard InChI is InChI=1S/C18H24O/c1-18-11-10-14-13-5-3-2-4-12(13)6-7-15(14)16(18)8-9-17(18)19/h7-9,12-14,19H,2-6,10-11H2,1H3/t12?,13-,14+,18-/m0/s1. The molecule has 1 heteroatoms. The fourth-order valence-electron chi connectivity index (χ4n) is 5.19. The molecular weight excluding hydrogens is 232 g/mol. The van der Waals surface area contributed by atoms with Gasteiger partial charge in [0.15, 0.2) is 0 Å². The Morgan fingerprint density at radius 2 is 2.00 bits per heavy atom. The van der Waals surface area contributed by atoms with E-state index in [0.29, 0.717) is 5.76 Å². The van der Waals surface area contributed by atoms with E-state index in [4.69, 9.17) is 0 Å². The van der Waals surface area contributed by atoms with Crippen LogP contribution >= 0.6 is 0 Å². The number of fused-ring (bicyclic) bond motifs is 5. The summed E-state index contributed by atoms with van der Waals surface area (Å²) >= 11 is 0. The molecule has 1 N–H and O–H groups in total. The Morgan fingerprint density at radius 3 is 2.89 bits per heavy atom. The summed E-state index contributed by atoms with van der Waals surface area (Å²) in [6.07, 6.45) is 16.1. The first kappa shape index (κ1) is 11.8. The normalized spacial score (nSPS) is 44.5. The lowest BCUT2D eigenvalue weighted by atomic mass is 9.56. The van der Waals surface area contributed by atoms with Crippen LogP contribution in [-0.2, 0) is 0 Å². The highest BCUT2D eigenvalue weighted by molar-refractivity contribution is 5.51. The number of aliphatic hydroxyl groups excluding tert-OH is 1. The van der Waals surface area contributed by atoms with Gasteiger partial charge in [-0.3, -0.25) is 0 Å². The molecular formula is C18H24O. The molecule has 4 rings (SSSR count). The van der Waals surface area contributed by atoms with Crippen molar-refractivity contribution in [2.45, 2.75) is 51.9 Å². The first-order chi connectivity index (χ1) is 9.20. The summed E-state index contributed by atoms with van der Waals surface area (Å²) < 4.78 is 0. The maximum atomic E-state index is 10.2. The fraction of sp³-hybridized carbons (Fsp3) is 0.667. The van der Waals surface area contributed by atoms with Gasteiger partial charge in [0.2, 0.25) is 0 Å². The minimum atomic E-state index is -0.0656. The van der Waals surface area contributed by atoms with Gasteiger partial charge in [-0.15, -0.1) is 0 Å². The quantitative estimate of drug-likeness (QED) is 0.652. The average Bonchev–Trinajstić information content (AvgIpc) is 2.75. The zero-order chi connectivity index (χ0) is 13.0. The maximum Gasteiger partial charge on any atom is 0.102 e. The van der Waals surface area contributed by atoms with Crippen LogP contribution in [0.1, 0.15) is 51.9 Å². The summed E-state index contributed by atoms with van der Waals surface area (Å²) in [5.41, 5.74) is 2.96. The Balaban J connectivity index is 1.71. The van der Waals surface area contributed by atoms with Gasteiger partial charge in [-0.2, -0.15) is 0 Å². The fourth-order valence-corrected chi connectivity index (χ4v) is 5.19. The number of rotatable bonds is 0. The SMILES string of the molecule is C[C@]12CC[C@H]3C(=CCC4CCCC[C@@H]43)C1=CC=C2O. The molecule has 4 aliphatic rings. The molecule has 0 radical (unpaired) electrons. The number of hydrogen-bond acceptors (Lipinski definition) is 1. The van der Waals surface area contributed by atoms with Crippen LogP contribution in [0.5, 0.6) is 0 Å². The molecule has 4 atom stereocenters. The largest absolute Gasteiger partial charge is 0.511 e. The zero-order valence-electron chi connectivity index (χ0n) is 11.9. The highest BCUT2D eigenvalue weighted by atomic mass is 16.3. The maximum absolute atomic E-state index is 10.2. The first-order valence-corrected chi connectivity index (χ1v) is 8.02. The van der Waals surface area contributed by atoms with Crippen LogP contribution in [-0.4, -0.2) is 5.11 Å². The topological polar surface area (TPSA) is 20.2 Å². The lowest BCUT2D eigenvalue weighted by Crippen LogP contribution is -2.38. The summed E-state index contributed by atoms with van der Waals surface area (Å²) in [7, 11) is 0. The predicted octanol–water partition coefficient (Wildman–Crippen LogP) is 4.92. The van der Waals surface area contributed by atoms with Crippen molar-refractivity contribution >= 4 is 0 Å². The summed E-state index contributed by atoms with van der Waals surface area (Å²) in [6.45, 7) is 2.22. The van der Waals surface area contributed by atoms with Crippen LogP contribution in [0.15, 0.2) is 35.1 Å². The Bertz CT molecular complexity index is 496. The second-order valence-corrected chi connectivity index (χ2v) is 7.21. The highest BCUT2D eigenvalue weighted by Gasteiger charge is 2.48. The van der Waals surface area contributed by atoms with E-state index >= 15 is 0 Å². The van der Waals surface area contributed by atoms with Crippen LogP contribution in [0.2, 0.25) is 0 Å². The molecule has 1 unspecified atom stereocenters. The van der Waals surface area contributed by atoms with Crippen LogP contribution < -0.4 is 0 Å². The molecule has 0 aromatic carbocycles. The third kappa shape index (κ3) is 1.53. The predicted molar refractivity (Wildman–Crippen MR) is 77.8 cm³/mol. The second-order valence-electron chi connectivity index (χ2n) is 7.21. The summed E-state index contributed by atoms with van der Waals surface area (Å²) in [5, 5.41) is 10.2. The Kier molecular flexibility index (Phi) is 2.49. The van der Waals surface area contributed by atoms with E-state index in [1.165, 1.54) is 44.1 Å². The molecule has 0 aromatic heterocycles. The number of allylic oxidation sites excluding steroid dienone is 5. The highest BCUT2D eigenvalue weighted by Crippen LogP contribution is 2.58. The van der Waals surface area contributed by atoms with Crippen molar-refractivity contribution < 1.29 is 5.11 Å². The van der Waals surface area contributed by atoms with Gasteiger partial charge in [-0.25, -0.2) is 0 Å². The lowest BCUT2D eigenvalue weighted by molar-refractivity contribution is 0.132. The van der Waals surface area contributed by atoms with Crippen LogP contribution in [0, 0.1) is 23.2 Å². The van der Waals surface area contributed by atoms with Gasteiger partial charge in [0, 0.05) is 5.41 Å². The molecule has 19 heavy (non-hydrogen) atoms. The molecule has 2 fully saturated rings. The molecule has 0 aromatic rings. The van der Waals surface area contributed by atoms with E-state index in [1.54, 1.807) is 5.57 Å². The van der Waals surface area contributed by atoms with Crippen LogP contribution in [0.4, 0.5) is 0 Å². The molecule has 0 spiro atoms. The van der Waals surface area contributed by atoms with Crippen molar-refractivity contribution in [1.82, 2.24) is 0 Å². The van der Waals surface area contributed by atoms with Gasteiger partial charge < -0.3 is 5.11 Å². The van der Waals surface area contributed by atoms with E-state index in [2.05, 4.69) is 19.1 Å². The molecule has 0 aliphatic heterocycles. The molecule has 0 heterocycles. The number of aliphatic hydroxyl groups is 1. The minimum absolute atomic E-state index is 0.0656. The Hall–Kier alpha value is -0.980. The summed E-state index contributed by atoms with van der Waals surface area (Å²) in [5.74, 6) is 3.27. The van der Waals surface area contributed by atoms with Gasteiger partial charge in [-0.1, -0.05) is 25.0 Å². The molecule has 1 nitrogen and oxygen atoms in total. The van der Waals surface area contributed by atoms with Crippen molar-refractivity contribution in [3.8, 4) is 0 Å². The minimum Gasteiger partial charge on any atom is -0.511 e. The van der Waals surface area contributed by atoms with Gasteiger partial charge in [-0.05, 0) is 74.0 Å². The van der Waals surface area contributed by atoms with Gasteiger partial charge >= 0.3 is 0 Å². The second kappa shape index (κ2) is 4.01. The zero-order valence-corrected chi connectivity index (χ0v) is 11.9. The van der Waals surface area contributed by atoms with E-state index < -0.39 is 0 Å². The van der Waals surface area contributed by atoms with Crippen molar-refractivity contribution in [3.05, 3.63) is 35.1 Å². The van der Waals surface area contributed by atoms with E-state index in [-0.39, 0.29) is 5.41 Å². The van der Waals surface area contributed by atoms with Crippen molar-refractivity contribution in [3.63, 3.8) is 0 Å². The molecule has 0 amide bonds. The van der Waals surface area contributed by atoms with E-state index in [9.17, 15) is 5.11 Å².